The van der Waals surface area contributed by atoms with Crippen molar-refractivity contribution in [3.8, 4) is 0 Å². The fourth-order valence-electron chi connectivity index (χ4n) is 1.86. The third kappa shape index (κ3) is 4.36. The van der Waals surface area contributed by atoms with Crippen molar-refractivity contribution in [3.63, 3.8) is 0 Å². The first kappa shape index (κ1) is 15.6. The van der Waals surface area contributed by atoms with Crippen LogP contribution in [0.5, 0.6) is 0 Å². The molecule has 0 unspecified atom stereocenters. The monoisotopic (exact) mass is 337 g/mol. The predicted octanol–water partition coefficient (Wildman–Crippen LogP) is 2.34. The van der Waals surface area contributed by atoms with Crippen molar-refractivity contribution >= 4 is 44.8 Å². The van der Waals surface area contributed by atoms with Gasteiger partial charge in [0.1, 0.15) is 5.82 Å². The van der Waals surface area contributed by atoms with E-state index in [-0.39, 0.29) is 39.1 Å². The molecule has 1 N–H and O–H groups in total. The van der Waals surface area contributed by atoms with Gasteiger partial charge in [0.25, 0.3) is 0 Å². The van der Waals surface area contributed by atoms with Crippen LogP contribution in [0.2, 0.25) is 5.02 Å². The van der Waals surface area contributed by atoms with E-state index in [0.717, 1.165) is 6.07 Å². The molecule has 1 saturated heterocycles. The summed E-state index contributed by atoms with van der Waals surface area (Å²) < 4.78 is 36.0. The Morgan fingerprint density at radius 2 is 2.25 bits per heavy atom. The number of thioether (sulfide) groups is 1. The largest absolute Gasteiger partial charge is 0.323 e. The average molecular weight is 338 g/mol. The maximum Gasteiger partial charge on any atom is 0.234 e. The number of hydrogen-bond acceptors (Lipinski definition) is 4. The van der Waals surface area contributed by atoms with Crippen LogP contribution in [-0.4, -0.2) is 36.8 Å². The molecule has 0 aromatic heterocycles. The van der Waals surface area contributed by atoms with E-state index >= 15 is 0 Å². The molecular weight excluding hydrogens is 325 g/mol. The molecule has 1 heterocycles. The van der Waals surface area contributed by atoms with Gasteiger partial charge >= 0.3 is 0 Å². The van der Waals surface area contributed by atoms with Crippen LogP contribution in [0.25, 0.3) is 0 Å². The van der Waals surface area contributed by atoms with Crippen molar-refractivity contribution < 1.29 is 17.6 Å². The molecule has 1 atom stereocenters. The number of carbonyl (C=O) groups is 1. The van der Waals surface area contributed by atoms with Gasteiger partial charge in [0.05, 0.1) is 22.9 Å². The number of nitrogens with one attached hydrogen (secondary N) is 1. The van der Waals surface area contributed by atoms with Crippen LogP contribution >= 0.6 is 23.4 Å². The van der Waals surface area contributed by atoms with Crippen molar-refractivity contribution in [1.29, 1.82) is 0 Å². The lowest BCUT2D eigenvalue weighted by Crippen LogP contribution is -2.17. The van der Waals surface area contributed by atoms with Crippen molar-refractivity contribution in [2.75, 3.05) is 22.6 Å². The summed E-state index contributed by atoms with van der Waals surface area (Å²) in [6, 6.07) is 3.99. The van der Waals surface area contributed by atoms with E-state index in [4.69, 9.17) is 11.6 Å². The van der Waals surface area contributed by atoms with Gasteiger partial charge in [-0.15, -0.1) is 11.8 Å². The molecule has 0 spiro atoms. The lowest BCUT2D eigenvalue weighted by atomic mass is 10.3. The number of benzene rings is 1. The highest BCUT2D eigenvalue weighted by Crippen LogP contribution is 2.25. The highest BCUT2D eigenvalue weighted by Gasteiger charge is 2.28. The van der Waals surface area contributed by atoms with Gasteiger partial charge < -0.3 is 5.32 Å². The molecule has 4 nitrogen and oxygen atoms in total. The zero-order chi connectivity index (χ0) is 14.8. The second-order valence-corrected chi connectivity index (χ2v) is 8.46. The zero-order valence-corrected chi connectivity index (χ0v) is 12.8. The van der Waals surface area contributed by atoms with Gasteiger partial charge in [0.2, 0.25) is 5.91 Å². The van der Waals surface area contributed by atoms with E-state index in [1.165, 1.54) is 23.9 Å². The summed E-state index contributed by atoms with van der Waals surface area (Å²) in [7, 11) is -2.94. The summed E-state index contributed by atoms with van der Waals surface area (Å²) in [5.41, 5.74) is 0.0686. The number of rotatable bonds is 4. The van der Waals surface area contributed by atoms with Crippen molar-refractivity contribution in [2.45, 2.75) is 11.7 Å². The minimum absolute atomic E-state index is 0.0548. The van der Waals surface area contributed by atoms with E-state index in [2.05, 4.69) is 5.32 Å². The van der Waals surface area contributed by atoms with Crippen LogP contribution in [0.15, 0.2) is 18.2 Å². The third-order valence-corrected chi connectivity index (χ3v) is 6.36. The Labute approximate surface area is 126 Å². The lowest BCUT2D eigenvalue weighted by Gasteiger charge is -2.09. The molecule has 20 heavy (non-hydrogen) atoms. The van der Waals surface area contributed by atoms with E-state index in [0.29, 0.717) is 6.42 Å². The molecule has 2 rings (SSSR count). The van der Waals surface area contributed by atoms with Crippen molar-refractivity contribution in [1.82, 2.24) is 0 Å². The van der Waals surface area contributed by atoms with Gasteiger partial charge in [-0.3, -0.25) is 4.79 Å². The standard InChI is InChI=1S/C12H13ClFNO3S2/c13-8-1-2-11(10(14)5-8)15-12(16)6-19-9-3-4-20(17,18)7-9/h1-2,5,9H,3-4,6-7H2,(H,15,16)/t9-/m1/s1. The Kier molecular flexibility index (Phi) is 4.93. The number of carbonyl (C=O) groups excluding carboxylic acids is 1. The lowest BCUT2D eigenvalue weighted by molar-refractivity contribution is -0.113. The SMILES string of the molecule is O=C(CS[C@@H]1CCS(=O)(=O)C1)Nc1ccc(Cl)cc1F. The van der Waals surface area contributed by atoms with Crippen LogP contribution in [0.3, 0.4) is 0 Å². The van der Waals surface area contributed by atoms with Crippen molar-refractivity contribution in [2.24, 2.45) is 0 Å². The van der Waals surface area contributed by atoms with Gasteiger partial charge in [-0.25, -0.2) is 12.8 Å². The fraction of sp³-hybridized carbons (Fsp3) is 0.417. The molecule has 0 aliphatic carbocycles. The van der Waals surface area contributed by atoms with E-state index in [1.54, 1.807) is 0 Å². The summed E-state index contributed by atoms with van der Waals surface area (Å²) in [5.74, 6) is -0.569. The van der Waals surface area contributed by atoms with E-state index in [9.17, 15) is 17.6 Å². The average Bonchev–Trinajstić information content (AvgIpc) is 2.70. The molecule has 8 heteroatoms. The molecule has 1 fully saturated rings. The molecule has 1 aliphatic rings. The molecule has 0 radical (unpaired) electrons. The van der Waals surface area contributed by atoms with E-state index < -0.39 is 15.7 Å². The van der Waals surface area contributed by atoms with Crippen LogP contribution in [0.1, 0.15) is 6.42 Å². The first-order valence-corrected chi connectivity index (χ1v) is 9.17. The van der Waals surface area contributed by atoms with Gasteiger partial charge in [-0.05, 0) is 24.6 Å². The molecule has 110 valence electrons. The molecule has 0 bridgehead atoms. The summed E-state index contributed by atoms with van der Waals surface area (Å²) >= 11 is 6.90. The third-order valence-electron chi connectivity index (χ3n) is 2.85. The molecule has 1 aromatic rings. The Morgan fingerprint density at radius 1 is 1.50 bits per heavy atom. The predicted molar refractivity (Wildman–Crippen MR) is 79.6 cm³/mol. The highest BCUT2D eigenvalue weighted by atomic mass is 35.5. The minimum atomic E-state index is -2.94. The maximum absolute atomic E-state index is 13.5. The molecule has 1 aliphatic heterocycles. The Hall–Kier alpha value is -0.790. The van der Waals surface area contributed by atoms with Crippen molar-refractivity contribution in [3.05, 3.63) is 29.0 Å². The number of hydrogen-bond donors (Lipinski definition) is 1. The molecular formula is C12H13ClFNO3S2. The molecule has 0 saturated carbocycles. The second kappa shape index (κ2) is 6.32. The molecule has 1 amide bonds. The normalized spacial score (nSPS) is 20.8. The summed E-state index contributed by atoms with van der Waals surface area (Å²) in [5, 5.41) is 2.64. The Balaban J connectivity index is 1.84. The molecule has 1 aromatic carbocycles. The first-order valence-electron chi connectivity index (χ1n) is 5.93. The number of halogens is 2. The van der Waals surface area contributed by atoms with Crippen LogP contribution in [-0.2, 0) is 14.6 Å². The zero-order valence-electron chi connectivity index (χ0n) is 10.4. The van der Waals surface area contributed by atoms with E-state index in [1.807, 2.05) is 0 Å². The highest BCUT2D eigenvalue weighted by molar-refractivity contribution is 8.02. The number of anilines is 1. The van der Waals surface area contributed by atoms with Gasteiger partial charge in [-0.2, -0.15) is 0 Å². The number of sulfone groups is 1. The summed E-state index contributed by atoms with van der Waals surface area (Å²) in [6.45, 7) is 0. The minimum Gasteiger partial charge on any atom is -0.323 e. The Bertz CT molecular complexity index is 621. The van der Waals surface area contributed by atoms with Crippen LogP contribution < -0.4 is 5.32 Å². The maximum atomic E-state index is 13.5. The first-order chi connectivity index (χ1) is 9.35. The van der Waals surface area contributed by atoms with Gasteiger partial charge in [0.15, 0.2) is 9.84 Å². The topological polar surface area (TPSA) is 63.2 Å². The summed E-state index contributed by atoms with van der Waals surface area (Å²) in [6.07, 6.45) is 0.565. The van der Waals surface area contributed by atoms with Crippen LogP contribution in [0, 0.1) is 5.82 Å². The second-order valence-electron chi connectivity index (χ2n) is 4.51. The Morgan fingerprint density at radius 3 is 2.85 bits per heavy atom. The van der Waals surface area contributed by atoms with Crippen LogP contribution in [0.4, 0.5) is 10.1 Å². The summed E-state index contributed by atoms with van der Waals surface area (Å²) in [4.78, 5) is 11.7. The fourth-order valence-corrected chi connectivity index (χ4v) is 5.47. The smallest absolute Gasteiger partial charge is 0.234 e. The number of amides is 1. The van der Waals surface area contributed by atoms with Gasteiger partial charge in [-0.1, -0.05) is 11.6 Å². The quantitative estimate of drug-likeness (QED) is 0.916. The van der Waals surface area contributed by atoms with Gasteiger partial charge in [0, 0.05) is 10.3 Å².